The van der Waals surface area contributed by atoms with Gasteiger partial charge in [-0.3, -0.25) is 71.9 Å². The number of rotatable bonds is 54. The van der Waals surface area contributed by atoms with Crippen LogP contribution in [0.15, 0.2) is 0 Å². The van der Waals surface area contributed by atoms with E-state index in [0.29, 0.717) is 83.5 Å². The van der Waals surface area contributed by atoms with Crippen LogP contribution in [0.4, 0.5) is 0 Å². The third kappa shape index (κ3) is 40.6. The Hall–Kier alpha value is -7.12. The molecule has 35 nitrogen and oxygen atoms in total. The van der Waals surface area contributed by atoms with Gasteiger partial charge < -0.3 is 98.0 Å². The highest BCUT2D eigenvalue weighted by atomic mass is 32.9. The number of amides is 7. The predicted molar refractivity (Wildman–Crippen MR) is 417 cm³/mol. The van der Waals surface area contributed by atoms with Gasteiger partial charge in [-0.15, -0.1) is 8.63 Å². The lowest BCUT2D eigenvalue weighted by Crippen LogP contribution is -2.62. The maximum atomic E-state index is 14.4. The van der Waals surface area contributed by atoms with Crippen LogP contribution in [0, 0.1) is 17.8 Å². The van der Waals surface area contributed by atoms with Crippen LogP contribution < -0.4 is 26.6 Å². The van der Waals surface area contributed by atoms with E-state index in [0.717, 1.165) is 0 Å². The monoisotopic (exact) mass is 1680 g/mol. The molecular weight excluding hydrogens is 1550 g/mol. The zero-order valence-electron chi connectivity index (χ0n) is 68.5. The summed E-state index contributed by atoms with van der Waals surface area (Å²) in [7, 11) is 2.16. The number of carbonyl (C=O) groups is 15. The summed E-state index contributed by atoms with van der Waals surface area (Å²) in [6.45, 7) is 19.6. The zero-order valence-corrected chi connectivity index (χ0v) is 71.3. The number of Topliss-reactive ketones (excluding diaryl/α,β-unsaturated/α-hetero) is 1. The molecule has 3 rings (SSSR count). The standard InChI is InChI=1S/C76H126N7O28PS2/c1-14-59(108-66(97)32-31-58(93)45-114(112)113)73(98)83(38-27-34-78-64(95)29-19-16-24-40-100-75-68(80-50(6)85)47(3)71(106-56(12)91)61(110-75)43-103-53(9)88)36-22-21-35-82(65(96)30-20-17-25-41-101-76-69(81-51(7)86)48(4)72(107-57(13)92)62(111-76)44-104-54(10)89)37-26-33-77-63(94)28-18-15-23-39-99-74-67(79-49(5)84)46(2)70(105-55(11)90)60(109-74)42-102-52(8)87/h46-48,59-62,67-72,74-76,112,114H,14-45H2,1-13H3,(H,77,94)(H,78,95)(H,79,84)(H,80,85)(H,81,86)/t46-,47-,48-,59?,60?,61?,62?,67?,68?,69?,70-,71-,72-,74-,75-,76-/m1/s1. The van der Waals surface area contributed by atoms with Crippen LogP contribution in [0.25, 0.3) is 0 Å². The molecule has 0 spiro atoms. The Morgan fingerprint density at radius 2 is 0.772 bits per heavy atom. The molecule has 0 radical (unpaired) electrons. The highest BCUT2D eigenvalue weighted by molar-refractivity contribution is 8.39. The van der Waals surface area contributed by atoms with Crippen molar-refractivity contribution in [3.63, 3.8) is 0 Å². The van der Waals surface area contributed by atoms with E-state index in [1.54, 1.807) is 37.5 Å². The number of ketones is 1. The van der Waals surface area contributed by atoms with Gasteiger partial charge in [0.1, 0.15) is 62.2 Å². The van der Waals surface area contributed by atoms with Crippen molar-refractivity contribution >= 4 is 117 Å². The number of hydrogen-bond acceptors (Lipinski definition) is 29. The van der Waals surface area contributed by atoms with Crippen molar-refractivity contribution in [3.8, 4) is 0 Å². The topological polar surface area (TPSA) is 443 Å². The smallest absolute Gasteiger partial charge is 0.307 e. The molecule has 0 aliphatic carbocycles. The molecule has 17 atom stereocenters. The summed E-state index contributed by atoms with van der Waals surface area (Å²) in [5.41, 5.74) is 0. The quantitative estimate of drug-likeness (QED) is 0.0166. The van der Waals surface area contributed by atoms with Gasteiger partial charge >= 0.3 is 41.8 Å². The largest absolute Gasteiger partial charge is 0.463 e. The van der Waals surface area contributed by atoms with Crippen molar-refractivity contribution in [1.82, 2.24) is 36.4 Å². The minimum Gasteiger partial charge on any atom is -0.463 e. The molecule has 3 aliphatic rings. The summed E-state index contributed by atoms with van der Waals surface area (Å²) in [6.07, 6.45) is -2.96. The highest BCUT2D eigenvalue weighted by Gasteiger charge is 2.50. The Bertz CT molecular complexity index is 3190. The second-order valence-electron chi connectivity index (χ2n) is 28.8. The molecule has 7 amide bonds. The van der Waals surface area contributed by atoms with E-state index in [-0.39, 0.29) is 164 Å². The minimum absolute atomic E-state index is 0.0895. The Labute approximate surface area is 677 Å². The molecule has 5 N–H and O–H groups in total. The van der Waals surface area contributed by atoms with Gasteiger partial charge in [0.15, 0.2) is 25.0 Å². The lowest BCUT2D eigenvalue weighted by atomic mass is 9.88. The molecule has 8 unspecified atom stereocenters. The van der Waals surface area contributed by atoms with Crippen LogP contribution in [-0.2, 0) is 153 Å². The average Bonchev–Trinajstić information content (AvgIpc) is 0.807. The first-order chi connectivity index (χ1) is 54.0. The molecule has 650 valence electrons. The van der Waals surface area contributed by atoms with Crippen molar-refractivity contribution in [1.29, 1.82) is 0 Å². The molecule has 3 fully saturated rings. The Morgan fingerprint density at radius 1 is 0.430 bits per heavy atom. The first kappa shape index (κ1) is 101. The van der Waals surface area contributed by atoms with Crippen molar-refractivity contribution in [2.75, 3.05) is 84.7 Å². The number of ether oxygens (including phenoxy) is 13. The molecule has 0 bridgehead atoms. The van der Waals surface area contributed by atoms with E-state index in [2.05, 4.69) is 34.6 Å². The number of unbranched alkanes of at least 4 members (excludes halogenated alkanes) is 7. The fourth-order valence-corrected chi connectivity index (χ4v) is 14.8. The first-order valence-electron chi connectivity index (χ1n) is 39.5. The summed E-state index contributed by atoms with van der Waals surface area (Å²) in [5.74, 6) is -8.00. The lowest BCUT2D eigenvalue weighted by Gasteiger charge is -2.44. The summed E-state index contributed by atoms with van der Waals surface area (Å²) in [4.78, 5) is 192. The average molecular weight is 1680 g/mol. The van der Waals surface area contributed by atoms with Crippen molar-refractivity contribution < 1.29 is 133 Å². The van der Waals surface area contributed by atoms with Crippen LogP contribution in [0.2, 0.25) is 0 Å². The van der Waals surface area contributed by atoms with E-state index in [9.17, 15) is 71.9 Å². The van der Waals surface area contributed by atoms with Gasteiger partial charge in [-0.1, -0.05) is 66.2 Å². The number of carbonyl (C=O) groups excluding carboxylic acids is 15. The van der Waals surface area contributed by atoms with Gasteiger partial charge in [0, 0.05) is 165 Å². The van der Waals surface area contributed by atoms with Crippen LogP contribution in [-0.4, -0.2) is 263 Å². The Kier molecular flexibility index (Phi) is 49.2. The van der Waals surface area contributed by atoms with Gasteiger partial charge in [0.25, 0.3) is 5.91 Å². The molecular formula is C76H126N7O28PS2. The summed E-state index contributed by atoms with van der Waals surface area (Å²) >= 11 is 5.12. The van der Waals surface area contributed by atoms with Crippen molar-refractivity contribution in [2.24, 2.45) is 17.8 Å². The van der Waals surface area contributed by atoms with Crippen LogP contribution in [0.5, 0.6) is 0 Å². The SMILES string of the molecule is CCC(OC(=O)CCC(=O)C[SH](=P)=S)C(=O)N(CCCCN(CCCNC(=O)CCCCCO[C@@H]1OC(COC(C)=O)[C@H](OC(C)=O)[C@H](C)C1NC(C)=O)C(=O)CCCCCO[C@@H]1OC(COC(C)=O)[C@H](OC(C)=O)[C@H](C)C1NC(C)=O)CCCNC(=O)CCCCCO[C@@H]1OC(COC(C)=O)[C@H](OC(C)=O)[C@H](C)C1NC(C)=O. The highest BCUT2D eigenvalue weighted by Crippen LogP contribution is 2.33. The zero-order chi connectivity index (χ0) is 85.0. The lowest BCUT2D eigenvalue weighted by molar-refractivity contribution is -0.262. The summed E-state index contributed by atoms with van der Waals surface area (Å²) < 4.78 is 74.7. The van der Waals surface area contributed by atoms with Crippen molar-refractivity contribution in [2.45, 2.75) is 292 Å². The van der Waals surface area contributed by atoms with E-state index < -0.39 is 154 Å². The normalized spacial score (nSPS) is 23.6. The van der Waals surface area contributed by atoms with Gasteiger partial charge in [-0.25, -0.2) is 0 Å². The molecule has 0 aromatic rings. The molecule has 3 heterocycles. The first-order valence-corrected chi connectivity index (χ1v) is 43.4. The van der Waals surface area contributed by atoms with Gasteiger partial charge in [-0.2, -0.15) is 0 Å². The maximum absolute atomic E-state index is 14.4. The third-order valence-electron chi connectivity index (χ3n) is 19.0. The number of hydrogen-bond donors (Lipinski definition) is 6. The van der Waals surface area contributed by atoms with Gasteiger partial charge in [-0.05, 0) is 70.6 Å². The molecule has 38 heteroatoms. The molecule has 3 aliphatic heterocycles. The van der Waals surface area contributed by atoms with E-state index in [1.165, 1.54) is 62.3 Å². The second kappa shape index (κ2) is 55.5. The van der Waals surface area contributed by atoms with E-state index in [4.69, 9.17) is 72.8 Å². The number of nitrogens with one attached hydrogen (secondary N) is 5. The third-order valence-corrected chi connectivity index (χ3v) is 20.5. The Balaban J connectivity index is 1.71. The van der Waals surface area contributed by atoms with Gasteiger partial charge in [0.05, 0.1) is 30.3 Å². The number of thiol groups is 1. The van der Waals surface area contributed by atoms with Gasteiger partial charge in [0.2, 0.25) is 35.4 Å². The molecule has 114 heavy (non-hydrogen) atoms. The molecule has 3 saturated heterocycles. The molecule has 0 saturated carbocycles. The van der Waals surface area contributed by atoms with Crippen molar-refractivity contribution in [3.05, 3.63) is 0 Å². The molecule has 0 aromatic carbocycles. The Morgan fingerprint density at radius 3 is 1.11 bits per heavy atom. The molecule has 0 aromatic heterocycles. The fraction of sp³-hybridized carbons (Fsp3) is 0.803. The van der Waals surface area contributed by atoms with Crippen LogP contribution in [0.3, 0.4) is 0 Å². The summed E-state index contributed by atoms with van der Waals surface area (Å²) in [6, 6.07) is -2.17. The van der Waals surface area contributed by atoms with E-state index >= 15 is 0 Å². The second-order valence-corrected chi connectivity index (χ2v) is 33.8. The summed E-state index contributed by atoms with van der Waals surface area (Å²) in [5, 5.41) is 14.3. The predicted octanol–water partition coefficient (Wildman–Crippen LogP) is 3.79. The maximum Gasteiger partial charge on any atom is 0.307 e. The number of esters is 7. The fourth-order valence-electron chi connectivity index (χ4n) is 13.4. The number of nitrogens with zero attached hydrogens (tertiary/aromatic N) is 2. The van der Waals surface area contributed by atoms with E-state index in [1.807, 2.05) is 0 Å². The van der Waals surface area contributed by atoms with Crippen LogP contribution in [0.1, 0.15) is 212 Å². The van der Waals surface area contributed by atoms with Crippen LogP contribution >= 0.6 is 8.02 Å². The minimum atomic E-state index is -1.19.